The minimum absolute atomic E-state index is 0.135. The molecule has 102 valence electrons. The number of hydrogen-bond acceptors (Lipinski definition) is 3. The number of thioether (sulfide) groups is 1. The average Bonchev–Trinajstić information content (AvgIpc) is 2.36. The van der Waals surface area contributed by atoms with Gasteiger partial charge in [-0.3, -0.25) is 4.90 Å². The second-order valence-corrected chi connectivity index (χ2v) is 5.97. The lowest BCUT2D eigenvalue weighted by molar-refractivity contribution is 0.221. The van der Waals surface area contributed by atoms with Crippen LogP contribution in [0.3, 0.4) is 0 Å². The van der Waals surface area contributed by atoms with Crippen molar-refractivity contribution in [2.45, 2.75) is 25.4 Å². The number of nitrogens with zero attached hydrogens (tertiary/aromatic N) is 1. The molecule has 1 rings (SSSR count). The van der Waals surface area contributed by atoms with Crippen molar-refractivity contribution in [3.05, 3.63) is 34.9 Å². The third kappa shape index (κ3) is 4.47. The van der Waals surface area contributed by atoms with Crippen LogP contribution in [-0.4, -0.2) is 36.5 Å². The minimum atomic E-state index is 0.135. The van der Waals surface area contributed by atoms with E-state index in [1.165, 1.54) is 5.56 Å². The number of benzene rings is 1. The summed E-state index contributed by atoms with van der Waals surface area (Å²) in [6.07, 6.45) is 3.09. The van der Waals surface area contributed by atoms with E-state index in [2.05, 4.69) is 31.2 Å². The molecule has 0 heterocycles. The maximum absolute atomic E-state index is 6.28. The first-order chi connectivity index (χ1) is 8.60. The molecule has 0 aliphatic carbocycles. The Morgan fingerprint density at radius 2 is 2.17 bits per heavy atom. The van der Waals surface area contributed by atoms with Crippen molar-refractivity contribution in [1.82, 2.24) is 4.90 Å². The highest BCUT2D eigenvalue weighted by Crippen LogP contribution is 2.26. The summed E-state index contributed by atoms with van der Waals surface area (Å²) < 4.78 is 0. The minimum Gasteiger partial charge on any atom is -0.326 e. The second kappa shape index (κ2) is 8.05. The van der Waals surface area contributed by atoms with Gasteiger partial charge in [0.25, 0.3) is 0 Å². The van der Waals surface area contributed by atoms with Crippen LogP contribution in [-0.2, 0) is 0 Å². The van der Waals surface area contributed by atoms with Gasteiger partial charge in [0, 0.05) is 29.4 Å². The van der Waals surface area contributed by atoms with Gasteiger partial charge in [-0.25, -0.2) is 0 Å². The first kappa shape index (κ1) is 15.8. The zero-order valence-corrected chi connectivity index (χ0v) is 13.0. The summed E-state index contributed by atoms with van der Waals surface area (Å²) in [5.74, 6) is 1.12. The van der Waals surface area contributed by atoms with Gasteiger partial charge in [0.1, 0.15) is 0 Å². The molecule has 2 unspecified atom stereocenters. The van der Waals surface area contributed by atoms with Crippen LogP contribution < -0.4 is 5.73 Å². The van der Waals surface area contributed by atoms with Crippen LogP contribution >= 0.6 is 23.4 Å². The van der Waals surface area contributed by atoms with Crippen LogP contribution in [0.25, 0.3) is 0 Å². The molecular weight excluding hydrogens is 264 g/mol. The highest BCUT2D eigenvalue weighted by Gasteiger charge is 2.22. The van der Waals surface area contributed by atoms with Crippen molar-refractivity contribution in [2.24, 2.45) is 5.73 Å². The van der Waals surface area contributed by atoms with E-state index in [9.17, 15) is 0 Å². The molecule has 0 aliphatic heterocycles. The number of hydrogen-bond donors (Lipinski definition) is 1. The molecule has 1 aromatic carbocycles. The maximum Gasteiger partial charge on any atom is 0.0497 e. The van der Waals surface area contributed by atoms with E-state index in [0.717, 1.165) is 23.7 Å². The SMILES string of the molecule is CCC(N)C(c1cccc(Cl)c1)N(C)CCSC. The number of likely N-dealkylation sites (N-methyl/N-ethyl adjacent to an activating group) is 1. The van der Waals surface area contributed by atoms with Crippen LogP contribution in [0.4, 0.5) is 0 Å². The molecule has 2 atom stereocenters. The van der Waals surface area contributed by atoms with Crippen LogP contribution in [0.5, 0.6) is 0 Å². The van der Waals surface area contributed by atoms with Crippen molar-refractivity contribution in [2.75, 3.05) is 25.6 Å². The van der Waals surface area contributed by atoms with Gasteiger partial charge in [-0.2, -0.15) is 11.8 Å². The van der Waals surface area contributed by atoms with Crippen molar-refractivity contribution < 1.29 is 0 Å². The lowest BCUT2D eigenvalue weighted by atomic mass is 9.97. The van der Waals surface area contributed by atoms with Crippen LogP contribution in [0, 0.1) is 0 Å². The molecule has 0 aliphatic rings. The molecule has 4 heteroatoms. The highest BCUT2D eigenvalue weighted by molar-refractivity contribution is 7.98. The predicted molar refractivity (Wildman–Crippen MR) is 83.5 cm³/mol. The van der Waals surface area contributed by atoms with Gasteiger partial charge in [-0.1, -0.05) is 30.7 Å². The Morgan fingerprint density at radius 1 is 1.44 bits per heavy atom. The third-order valence-corrected chi connectivity index (χ3v) is 4.02. The zero-order chi connectivity index (χ0) is 13.5. The molecule has 1 aromatic rings. The fourth-order valence-corrected chi connectivity index (χ4v) is 2.79. The van der Waals surface area contributed by atoms with Gasteiger partial charge in [-0.05, 0) is 37.4 Å². The standard InChI is InChI=1S/C14H23ClN2S/c1-4-13(16)14(17(2)8-9-18-3)11-6-5-7-12(15)10-11/h5-7,10,13-14H,4,8-9,16H2,1-3H3. The van der Waals surface area contributed by atoms with Crippen molar-refractivity contribution in [1.29, 1.82) is 0 Å². The number of nitrogens with two attached hydrogens (primary N) is 1. The van der Waals surface area contributed by atoms with E-state index >= 15 is 0 Å². The lowest BCUT2D eigenvalue weighted by Gasteiger charge is -2.32. The average molecular weight is 287 g/mol. The van der Waals surface area contributed by atoms with Crippen LogP contribution in [0.1, 0.15) is 24.9 Å². The van der Waals surface area contributed by atoms with E-state index in [1.807, 2.05) is 30.0 Å². The summed E-state index contributed by atoms with van der Waals surface area (Å²) in [6.45, 7) is 3.16. The summed E-state index contributed by atoms with van der Waals surface area (Å²) in [4.78, 5) is 2.33. The summed E-state index contributed by atoms with van der Waals surface area (Å²) in [6, 6.07) is 8.41. The largest absolute Gasteiger partial charge is 0.326 e. The van der Waals surface area contributed by atoms with E-state index in [4.69, 9.17) is 17.3 Å². The molecule has 18 heavy (non-hydrogen) atoms. The number of halogens is 1. The smallest absolute Gasteiger partial charge is 0.0497 e. The first-order valence-electron chi connectivity index (χ1n) is 6.30. The van der Waals surface area contributed by atoms with Gasteiger partial charge < -0.3 is 5.73 Å². The number of rotatable bonds is 7. The van der Waals surface area contributed by atoms with Crippen LogP contribution in [0.15, 0.2) is 24.3 Å². The molecule has 0 aromatic heterocycles. The lowest BCUT2D eigenvalue weighted by Crippen LogP contribution is -2.39. The molecule has 0 amide bonds. The normalized spacial score (nSPS) is 14.8. The monoisotopic (exact) mass is 286 g/mol. The van der Waals surface area contributed by atoms with Crippen molar-refractivity contribution >= 4 is 23.4 Å². The van der Waals surface area contributed by atoms with Crippen molar-refractivity contribution in [3.63, 3.8) is 0 Å². The zero-order valence-electron chi connectivity index (χ0n) is 11.4. The Hall–Kier alpha value is -0.220. The maximum atomic E-state index is 6.28. The quantitative estimate of drug-likeness (QED) is 0.833. The summed E-state index contributed by atoms with van der Waals surface area (Å²) in [5.41, 5.74) is 7.49. The molecular formula is C14H23ClN2S. The Labute approximate surface area is 120 Å². The van der Waals surface area contributed by atoms with E-state index in [-0.39, 0.29) is 12.1 Å². The molecule has 0 saturated heterocycles. The summed E-state index contributed by atoms with van der Waals surface area (Å²) in [7, 11) is 2.14. The molecule has 2 N–H and O–H groups in total. The molecule has 0 spiro atoms. The van der Waals surface area contributed by atoms with Gasteiger partial charge >= 0.3 is 0 Å². The van der Waals surface area contributed by atoms with Gasteiger partial charge in [-0.15, -0.1) is 0 Å². The summed E-state index contributed by atoms with van der Waals surface area (Å²) >= 11 is 7.94. The van der Waals surface area contributed by atoms with E-state index < -0.39 is 0 Å². The second-order valence-electron chi connectivity index (χ2n) is 4.55. The molecule has 0 bridgehead atoms. The Kier molecular flexibility index (Phi) is 7.08. The molecule has 0 saturated carbocycles. The van der Waals surface area contributed by atoms with E-state index in [0.29, 0.717) is 0 Å². The first-order valence-corrected chi connectivity index (χ1v) is 8.07. The highest BCUT2D eigenvalue weighted by atomic mass is 35.5. The van der Waals surface area contributed by atoms with Crippen molar-refractivity contribution in [3.8, 4) is 0 Å². The third-order valence-electron chi connectivity index (χ3n) is 3.19. The Morgan fingerprint density at radius 3 is 2.72 bits per heavy atom. The van der Waals surface area contributed by atoms with E-state index in [1.54, 1.807) is 0 Å². The molecule has 2 nitrogen and oxygen atoms in total. The van der Waals surface area contributed by atoms with Gasteiger partial charge in [0.05, 0.1) is 0 Å². The van der Waals surface area contributed by atoms with Crippen LogP contribution in [0.2, 0.25) is 5.02 Å². The Balaban J connectivity index is 2.90. The Bertz CT molecular complexity index is 359. The fraction of sp³-hybridized carbons (Fsp3) is 0.571. The summed E-state index contributed by atoms with van der Waals surface area (Å²) in [5, 5.41) is 0.777. The van der Waals surface area contributed by atoms with Gasteiger partial charge in [0.15, 0.2) is 0 Å². The fourth-order valence-electron chi connectivity index (χ4n) is 2.12. The molecule has 0 fully saturated rings. The predicted octanol–water partition coefficient (Wildman–Crippen LogP) is 3.41. The van der Waals surface area contributed by atoms with Gasteiger partial charge in [0.2, 0.25) is 0 Å². The topological polar surface area (TPSA) is 29.3 Å². The molecule has 0 radical (unpaired) electrons.